The topological polar surface area (TPSA) is 62.0 Å². The molecule has 2 aliphatic heterocycles. The first kappa shape index (κ1) is 10.8. The average Bonchev–Trinajstić information content (AvgIpc) is 2.69. The summed E-state index contributed by atoms with van der Waals surface area (Å²) in [5.41, 5.74) is 1.90. The summed E-state index contributed by atoms with van der Waals surface area (Å²) in [4.78, 5) is 8.54. The lowest BCUT2D eigenvalue weighted by Crippen LogP contribution is -2.34. The fourth-order valence-corrected chi connectivity index (χ4v) is 3.10. The molecule has 5 heteroatoms. The minimum Gasteiger partial charge on any atom is -0.301 e. The molecule has 0 aliphatic carbocycles. The predicted octanol–water partition coefficient (Wildman–Crippen LogP) is 2.05. The molecule has 0 saturated heterocycles. The molecular weight excluding hydrogens is 236 g/mol. The minimum absolute atomic E-state index is 0.216. The summed E-state index contributed by atoms with van der Waals surface area (Å²) in [6.45, 7) is 0.585. The van der Waals surface area contributed by atoms with Gasteiger partial charge in [0.25, 0.3) is 0 Å². The Morgan fingerprint density at radius 3 is 3.00 bits per heavy atom. The second-order valence-corrected chi connectivity index (χ2v) is 5.35. The lowest BCUT2D eigenvalue weighted by atomic mass is 9.76. The Labute approximate surface area is 102 Å². The van der Waals surface area contributed by atoms with E-state index in [2.05, 4.69) is 9.98 Å². The Morgan fingerprint density at radius 1 is 1.35 bits per heavy atom. The molecule has 1 spiro atoms. The van der Waals surface area contributed by atoms with E-state index in [1.54, 1.807) is 0 Å². The SMILES string of the molecule is O=S(O)C1=NCCC2(C=Nc3ccccc32)C1. The van der Waals surface area contributed by atoms with Crippen LogP contribution in [0.25, 0.3) is 0 Å². The van der Waals surface area contributed by atoms with Crippen LogP contribution in [-0.4, -0.2) is 26.6 Å². The highest BCUT2D eigenvalue weighted by molar-refractivity contribution is 7.95. The molecule has 0 bridgehead atoms. The zero-order valence-electron chi connectivity index (χ0n) is 9.17. The van der Waals surface area contributed by atoms with E-state index in [1.165, 1.54) is 0 Å². The maximum atomic E-state index is 11.1. The first-order valence-electron chi connectivity index (χ1n) is 5.50. The first-order chi connectivity index (χ1) is 8.21. The summed E-state index contributed by atoms with van der Waals surface area (Å²) in [6.07, 6.45) is 3.27. The number of nitrogens with zero attached hydrogens (tertiary/aromatic N) is 2. The van der Waals surface area contributed by atoms with E-state index in [0.717, 1.165) is 17.7 Å². The van der Waals surface area contributed by atoms with Gasteiger partial charge in [0.1, 0.15) is 5.04 Å². The first-order valence-corrected chi connectivity index (χ1v) is 6.61. The van der Waals surface area contributed by atoms with Gasteiger partial charge in [-0.15, -0.1) is 0 Å². The number of aliphatic imine (C=N–C) groups is 2. The van der Waals surface area contributed by atoms with E-state index in [0.29, 0.717) is 18.0 Å². The van der Waals surface area contributed by atoms with Crippen LogP contribution in [-0.2, 0) is 16.5 Å². The van der Waals surface area contributed by atoms with Gasteiger partial charge >= 0.3 is 0 Å². The van der Waals surface area contributed by atoms with Gasteiger partial charge in [0.2, 0.25) is 11.1 Å². The Balaban J connectivity index is 2.03. The number of hydrogen-bond acceptors (Lipinski definition) is 3. The van der Waals surface area contributed by atoms with Crippen LogP contribution in [0.2, 0.25) is 0 Å². The molecule has 17 heavy (non-hydrogen) atoms. The minimum atomic E-state index is -1.96. The molecule has 1 N–H and O–H groups in total. The molecule has 0 amide bonds. The largest absolute Gasteiger partial charge is 0.301 e. The molecule has 2 heterocycles. The van der Waals surface area contributed by atoms with E-state index in [4.69, 9.17) is 4.55 Å². The highest BCUT2D eigenvalue weighted by atomic mass is 32.2. The molecule has 1 aromatic carbocycles. The highest BCUT2D eigenvalue weighted by Gasteiger charge is 2.40. The normalized spacial score (nSPS) is 27.9. The summed E-state index contributed by atoms with van der Waals surface area (Å²) >= 11 is -1.96. The van der Waals surface area contributed by atoms with Gasteiger partial charge in [0.15, 0.2) is 0 Å². The van der Waals surface area contributed by atoms with Gasteiger partial charge in [0, 0.05) is 24.6 Å². The van der Waals surface area contributed by atoms with Gasteiger partial charge in [-0.3, -0.25) is 9.98 Å². The lowest BCUT2D eigenvalue weighted by Gasteiger charge is -2.30. The van der Waals surface area contributed by atoms with Crippen LogP contribution in [0.5, 0.6) is 0 Å². The van der Waals surface area contributed by atoms with Gasteiger partial charge in [-0.1, -0.05) is 18.2 Å². The van der Waals surface area contributed by atoms with Crippen LogP contribution < -0.4 is 0 Å². The number of para-hydroxylation sites is 1. The molecule has 0 aromatic heterocycles. The Kier molecular flexibility index (Phi) is 2.45. The maximum absolute atomic E-state index is 11.1. The van der Waals surface area contributed by atoms with Crippen LogP contribution >= 0.6 is 0 Å². The van der Waals surface area contributed by atoms with Crippen molar-refractivity contribution in [2.45, 2.75) is 18.3 Å². The Bertz CT molecular complexity index is 553. The van der Waals surface area contributed by atoms with Gasteiger partial charge in [-0.05, 0) is 18.1 Å². The second-order valence-electron chi connectivity index (χ2n) is 4.38. The standard InChI is InChI=1S/C12H12N2O2S/c15-17(16)11-7-12(5-6-13-11)8-14-10-4-2-1-3-9(10)12/h1-4,8H,5-7H2,(H,15,16). The van der Waals surface area contributed by atoms with Crippen molar-refractivity contribution >= 4 is 28.0 Å². The van der Waals surface area contributed by atoms with Crippen molar-refractivity contribution in [3.63, 3.8) is 0 Å². The molecule has 4 nitrogen and oxygen atoms in total. The van der Waals surface area contributed by atoms with Gasteiger partial charge < -0.3 is 4.55 Å². The third-order valence-corrected chi connectivity index (χ3v) is 4.08. The molecular formula is C12H12N2O2S. The number of rotatable bonds is 0. The van der Waals surface area contributed by atoms with Gasteiger partial charge in [-0.2, -0.15) is 0 Å². The third-order valence-electron chi connectivity index (χ3n) is 3.41. The summed E-state index contributed by atoms with van der Waals surface area (Å²) < 4.78 is 20.3. The summed E-state index contributed by atoms with van der Waals surface area (Å²) in [5, 5.41) is 0.374. The summed E-state index contributed by atoms with van der Waals surface area (Å²) in [5.74, 6) is 0. The summed E-state index contributed by atoms with van der Waals surface area (Å²) in [6, 6.07) is 7.96. The lowest BCUT2D eigenvalue weighted by molar-refractivity contribution is 0.542. The molecule has 0 radical (unpaired) electrons. The van der Waals surface area contributed by atoms with Gasteiger partial charge in [-0.25, -0.2) is 4.21 Å². The highest BCUT2D eigenvalue weighted by Crippen LogP contribution is 2.43. The van der Waals surface area contributed by atoms with Crippen molar-refractivity contribution in [2.24, 2.45) is 9.98 Å². The Hall–Kier alpha value is -1.33. The average molecular weight is 248 g/mol. The van der Waals surface area contributed by atoms with Crippen molar-refractivity contribution in [2.75, 3.05) is 6.54 Å². The smallest absolute Gasteiger partial charge is 0.200 e. The number of benzene rings is 1. The molecule has 2 atom stereocenters. The van der Waals surface area contributed by atoms with Crippen LogP contribution in [0.3, 0.4) is 0 Å². The molecule has 0 fully saturated rings. The Morgan fingerprint density at radius 2 is 2.18 bits per heavy atom. The zero-order chi connectivity index (χ0) is 11.9. The van der Waals surface area contributed by atoms with Crippen LogP contribution in [0.1, 0.15) is 18.4 Å². The number of fused-ring (bicyclic) bond motifs is 2. The van der Waals surface area contributed by atoms with Crippen LogP contribution in [0, 0.1) is 0 Å². The van der Waals surface area contributed by atoms with E-state index >= 15 is 0 Å². The van der Waals surface area contributed by atoms with E-state index in [9.17, 15) is 4.21 Å². The molecule has 2 unspecified atom stereocenters. The van der Waals surface area contributed by atoms with Crippen LogP contribution in [0.4, 0.5) is 5.69 Å². The van der Waals surface area contributed by atoms with E-state index in [-0.39, 0.29) is 5.41 Å². The molecule has 2 aliphatic rings. The summed E-state index contributed by atoms with van der Waals surface area (Å²) in [7, 11) is 0. The predicted molar refractivity (Wildman–Crippen MR) is 68.6 cm³/mol. The fourth-order valence-electron chi connectivity index (χ4n) is 2.52. The van der Waals surface area contributed by atoms with Gasteiger partial charge in [0.05, 0.1) is 5.69 Å². The van der Waals surface area contributed by atoms with Crippen molar-refractivity contribution in [3.05, 3.63) is 29.8 Å². The van der Waals surface area contributed by atoms with Crippen molar-refractivity contribution < 1.29 is 8.76 Å². The molecule has 1 aromatic rings. The number of hydrogen-bond donors (Lipinski definition) is 1. The van der Waals surface area contributed by atoms with Crippen molar-refractivity contribution in [1.82, 2.24) is 0 Å². The quantitative estimate of drug-likeness (QED) is 0.714. The monoisotopic (exact) mass is 248 g/mol. The zero-order valence-corrected chi connectivity index (χ0v) is 9.98. The second kappa shape index (κ2) is 3.85. The molecule has 0 saturated carbocycles. The van der Waals surface area contributed by atoms with Crippen molar-refractivity contribution in [3.8, 4) is 0 Å². The fraction of sp³-hybridized carbons (Fsp3) is 0.333. The van der Waals surface area contributed by atoms with Crippen molar-refractivity contribution in [1.29, 1.82) is 0 Å². The molecule has 3 rings (SSSR count). The maximum Gasteiger partial charge on any atom is 0.200 e. The van der Waals surface area contributed by atoms with Crippen LogP contribution in [0.15, 0.2) is 34.3 Å². The molecule has 88 valence electrons. The van der Waals surface area contributed by atoms with E-state index in [1.807, 2.05) is 30.5 Å². The third kappa shape index (κ3) is 1.66. The van der Waals surface area contributed by atoms with E-state index < -0.39 is 11.1 Å².